The number of carbonyl (C=O) groups excluding carboxylic acids is 2. The summed E-state index contributed by atoms with van der Waals surface area (Å²) in [4.78, 5) is 22.7. The van der Waals surface area contributed by atoms with Crippen molar-refractivity contribution in [2.45, 2.75) is 24.9 Å². The highest BCUT2D eigenvalue weighted by molar-refractivity contribution is 7.90. The van der Waals surface area contributed by atoms with Gasteiger partial charge in [0.05, 0.1) is 7.11 Å². The predicted molar refractivity (Wildman–Crippen MR) is 75.4 cm³/mol. The minimum absolute atomic E-state index is 0.00916. The van der Waals surface area contributed by atoms with Gasteiger partial charge >= 0.3 is 27.5 Å². The van der Waals surface area contributed by atoms with Crippen molar-refractivity contribution in [1.82, 2.24) is 4.72 Å². The Hall–Kier alpha value is -2.14. The van der Waals surface area contributed by atoms with Crippen LogP contribution in [0.3, 0.4) is 0 Å². The third-order valence-corrected chi connectivity index (χ3v) is 3.94. The fraction of sp³-hybridized carbons (Fsp3) is 0.385. The molecule has 0 bridgehead atoms. The van der Waals surface area contributed by atoms with Gasteiger partial charge < -0.3 is 9.47 Å². The molecule has 7 nitrogen and oxygen atoms in total. The van der Waals surface area contributed by atoms with Gasteiger partial charge in [-0.1, -0.05) is 18.2 Å². The number of methoxy groups -OCH3 is 1. The first kappa shape index (κ1) is 19.9. The van der Waals surface area contributed by atoms with E-state index < -0.39 is 39.9 Å². The highest BCUT2D eigenvalue weighted by Gasteiger charge is 2.48. The van der Waals surface area contributed by atoms with E-state index >= 15 is 0 Å². The molecular formula is C13H14F3NO6S. The van der Waals surface area contributed by atoms with Crippen molar-refractivity contribution in [3.8, 4) is 5.75 Å². The number of halogens is 3. The zero-order valence-corrected chi connectivity index (χ0v) is 13.4. The molecule has 24 heavy (non-hydrogen) atoms. The Bertz CT molecular complexity index is 717. The Labute approximate surface area is 135 Å². The number of ether oxygens (including phenoxy) is 2. The highest BCUT2D eigenvalue weighted by atomic mass is 32.2. The first-order chi connectivity index (χ1) is 11.0. The molecule has 0 aromatic heterocycles. The van der Waals surface area contributed by atoms with Crippen LogP contribution in [0.2, 0.25) is 0 Å². The monoisotopic (exact) mass is 369 g/mol. The molecule has 11 heteroatoms. The molecule has 134 valence electrons. The van der Waals surface area contributed by atoms with E-state index in [1.807, 2.05) is 0 Å². The molecule has 1 aromatic rings. The van der Waals surface area contributed by atoms with E-state index in [9.17, 15) is 31.2 Å². The van der Waals surface area contributed by atoms with E-state index in [1.165, 1.54) is 29.0 Å². The molecule has 0 aliphatic rings. The molecule has 0 fully saturated rings. The number of para-hydroxylation sites is 1. The van der Waals surface area contributed by atoms with E-state index in [0.29, 0.717) is 0 Å². The number of rotatable bonds is 6. The van der Waals surface area contributed by atoms with Gasteiger partial charge in [0.2, 0.25) is 0 Å². The summed E-state index contributed by atoms with van der Waals surface area (Å²) >= 11 is 0. The fourth-order valence-corrected chi connectivity index (χ4v) is 2.40. The van der Waals surface area contributed by atoms with E-state index in [-0.39, 0.29) is 11.3 Å². The Kier molecular flexibility index (Phi) is 6.32. The molecule has 0 amide bonds. The molecule has 1 N–H and O–H groups in total. The standard InChI is InChI=1S/C13H14F3NO6S/c1-8(18)23-11-6-4-3-5-9(11)7-10(12(19)22-2)17-24(20,21)13(14,15)16/h3-6,10,17H,7H2,1-2H3/t10-/m0/s1. The van der Waals surface area contributed by atoms with Crippen molar-refractivity contribution in [2.75, 3.05) is 7.11 Å². The van der Waals surface area contributed by atoms with Gasteiger partial charge in [-0.15, -0.1) is 0 Å². The molecule has 0 saturated carbocycles. The van der Waals surface area contributed by atoms with Crippen LogP contribution in [0.15, 0.2) is 24.3 Å². The second-order valence-corrected chi connectivity index (χ2v) is 6.25. The lowest BCUT2D eigenvalue weighted by atomic mass is 10.1. The van der Waals surface area contributed by atoms with Gasteiger partial charge in [-0.25, -0.2) is 8.42 Å². The Morgan fingerprint density at radius 2 is 1.83 bits per heavy atom. The maximum atomic E-state index is 12.5. The molecule has 0 saturated heterocycles. The minimum atomic E-state index is -5.77. The summed E-state index contributed by atoms with van der Waals surface area (Å²) in [7, 11) is -4.87. The normalized spacial score (nSPS) is 13.2. The predicted octanol–water partition coefficient (Wildman–Crippen LogP) is 1.14. The number of hydrogen-bond donors (Lipinski definition) is 1. The number of nitrogens with one attached hydrogen (secondary N) is 1. The van der Waals surface area contributed by atoms with Crippen LogP contribution in [0, 0.1) is 0 Å². The van der Waals surface area contributed by atoms with Crippen molar-refractivity contribution in [3.05, 3.63) is 29.8 Å². The summed E-state index contributed by atoms with van der Waals surface area (Å²) in [5.41, 5.74) is -5.44. The lowest BCUT2D eigenvalue weighted by Gasteiger charge is -2.18. The van der Waals surface area contributed by atoms with Crippen LogP contribution in [0.25, 0.3) is 0 Å². The number of carbonyl (C=O) groups is 2. The molecule has 0 aliphatic heterocycles. The third-order valence-electron chi connectivity index (χ3n) is 2.74. The van der Waals surface area contributed by atoms with Crippen LogP contribution < -0.4 is 9.46 Å². The molecular weight excluding hydrogens is 355 g/mol. The van der Waals surface area contributed by atoms with E-state index in [2.05, 4.69) is 4.74 Å². The van der Waals surface area contributed by atoms with E-state index in [0.717, 1.165) is 14.0 Å². The van der Waals surface area contributed by atoms with Crippen molar-refractivity contribution >= 4 is 22.0 Å². The number of alkyl halides is 3. The molecule has 0 heterocycles. The van der Waals surface area contributed by atoms with Crippen LogP contribution in [0.1, 0.15) is 12.5 Å². The zero-order chi connectivity index (χ0) is 18.5. The van der Waals surface area contributed by atoms with Crippen LogP contribution in [0.5, 0.6) is 5.75 Å². The topological polar surface area (TPSA) is 98.8 Å². The lowest BCUT2D eigenvalue weighted by Crippen LogP contribution is -2.47. The van der Waals surface area contributed by atoms with Crippen molar-refractivity contribution in [3.63, 3.8) is 0 Å². The average molecular weight is 369 g/mol. The van der Waals surface area contributed by atoms with E-state index in [1.54, 1.807) is 0 Å². The summed E-state index contributed by atoms with van der Waals surface area (Å²) in [6.45, 7) is 1.11. The number of benzene rings is 1. The van der Waals surface area contributed by atoms with Crippen LogP contribution in [-0.4, -0.2) is 39.0 Å². The summed E-state index contributed by atoms with van der Waals surface area (Å²) in [6.07, 6.45) is -0.508. The average Bonchev–Trinajstić information content (AvgIpc) is 2.45. The van der Waals surface area contributed by atoms with E-state index in [4.69, 9.17) is 4.74 Å². The SMILES string of the molecule is COC(=O)[C@H](Cc1ccccc1OC(C)=O)NS(=O)(=O)C(F)(F)F. The quantitative estimate of drug-likeness (QED) is 0.596. The summed E-state index contributed by atoms with van der Waals surface area (Å²) in [5.74, 6) is -1.92. The van der Waals surface area contributed by atoms with Gasteiger partial charge in [0.15, 0.2) is 0 Å². The van der Waals surface area contributed by atoms with Gasteiger partial charge in [0, 0.05) is 13.3 Å². The molecule has 1 rings (SSSR count). The highest BCUT2D eigenvalue weighted by Crippen LogP contribution is 2.24. The number of sulfonamides is 1. The number of hydrogen-bond acceptors (Lipinski definition) is 6. The van der Waals surface area contributed by atoms with Gasteiger partial charge in [-0.05, 0) is 11.6 Å². The second-order valence-electron chi connectivity index (χ2n) is 4.55. The van der Waals surface area contributed by atoms with Crippen molar-refractivity contribution in [2.24, 2.45) is 0 Å². The summed E-state index contributed by atoms with van der Waals surface area (Å²) in [6, 6.07) is 3.85. The number of esters is 2. The third kappa shape index (κ3) is 5.20. The van der Waals surface area contributed by atoms with Crippen LogP contribution in [0.4, 0.5) is 13.2 Å². The molecule has 0 unspecified atom stereocenters. The molecule has 1 aromatic carbocycles. The maximum Gasteiger partial charge on any atom is 0.511 e. The molecule has 1 atom stereocenters. The van der Waals surface area contributed by atoms with Gasteiger partial charge in [-0.3, -0.25) is 9.59 Å². The van der Waals surface area contributed by atoms with Gasteiger partial charge in [-0.2, -0.15) is 17.9 Å². The largest absolute Gasteiger partial charge is 0.511 e. The first-order valence-corrected chi connectivity index (χ1v) is 7.89. The van der Waals surface area contributed by atoms with Crippen LogP contribution in [-0.2, 0) is 30.8 Å². The second kappa shape index (κ2) is 7.62. The van der Waals surface area contributed by atoms with Gasteiger partial charge in [0.1, 0.15) is 11.8 Å². The molecule has 0 spiro atoms. The maximum absolute atomic E-state index is 12.5. The zero-order valence-electron chi connectivity index (χ0n) is 12.6. The van der Waals surface area contributed by atoms with Crippen LogP contribution >= 0.6 is 0 Å². The molecule has 0 aliphatic carbocycles. The van der Waals surface area contributed by atoms with Gasteiger partial charge in [0.25, 0.3) is 0 Å². The summed E-state index contributed by atoms with van der Waals surface area (Å²) < 4.78 is 70.3. The smallest absolute Gasteiger partial charge is 0.468 e. The Morgan fingerprint density at radius 1 is 1.25 bits per heavy atom. The Morgan fingerprint density at radius 3 is 2.33 bits per heavy atom. The fourth-order valence-electron chi connectivity index (χ4n) is 1.72. The van der Waals surface area contributed by atoms with Crippen molar-refractivity contribution < 1.29 is 40.7 Å². The lowest BCUT2D eigenvalue weighted by molar-refractivity contribution is -0.142. The molecule has 0 radical (unpaired) electrons. The minimum Gasteiger partial charge on any atom is -0.468 e. The van der Waals surface area contributed by atoms with Crippen molar-refractivity contribution in [1.29, 1.82) is 0 Å². The first-order valence-electron chi connectivity index (χ1n) is 6.40. The summed E-state index contributed by atoms with van der Waals surface area (Å²) in [5, 5.41) is 0. The Balaban J connectivity index is 3.13.